The average Bonchev–Trinajstić information content (AvgIpc) is 2.26. The van der Waals surface area contributed by atoms with E-state index in [4.69, 9.17) is 5.11 Å². The van der Waals surface area contributed by atoms with E-state index in [1.165, 1.54) is 12.1 Å². The maximum atomic E-state index is 12.0. The molecular weight excluding hydrogens is 265 g/mol. The Hall–Kier alpha value is -1.96. The minimum Gasteiger partial charge on any atom is -0.406 e. The van der Waals surface area contributed by atoms with Crippen LogP contribution in [-0.2, 0) is 0 Å². The number of aliphatic hydroxyl groups is 1. The third kappa shape index (κ3) is 5.96. The van der Waals surface area contributed by atoms with Crippen LogP contribution in [0, 0.1) is 0 Å². The molecule has 0 saturated carbocycles. The summed E-state index contributed by atoms with van der Waals surface area (Å²) in [6, 6.07) is 3.78. The molecule has 0 radical (unpaired) electrons. The summed E-state index contributed by atoms with van der Waals surface area (Å²) >= 11 is 0. The summed E-state index contributed by atoms with van der Waals surface area (Å²) in [6.07, 6.45) is -4.79. The van der Waals surface area contributed by atoms with Gasteiger partial charge in [-0.05, 0) is 19.1 Å². The predicted molar refractivity (Wildman–Crippen MR) is 61.8 cm³/mol. The molecule has 19 heavy (non-hydrogen) atoms. The van der Waals surface area contributed by atoms with Crippen molar-refractivity contribution in [3.05, 3.63) is 24.3 Å². The van der Waals surface area contributed by atoms with E-state index in [9.17, 15) is 18.0 Å². The van der Waals surface area contributed by atoms with Gasteiger partial charge in [-0.15, -0.1) is 13.2 Å². The maximum absolute atomic E-state index is 12.0. The van der Waals surface area contributed by atoms with Gasteiger partial charge in [-0.3, -0.25) is 0 Å². The summed E-state index contributed by atoms with van der Waals surface area (Å²) in [7, 11) is 0. The number of halogens is 3. The first-order valence-corrected chi connectivity index (χ1v) is 5.34. The predicted octanol–water partition coefficient (Wildman–Crippen LogP) is 2.09. The molecule has 0 aliphatic rings. The first kappa shape index (κ1) is 15.1. The van der Waals surface area contributed by atoms with Crippen LogP contribution in [0.2, 0.25) is 0 Å². The molecule has 1 aromatic rings. The molecule has 0 heterocycles. The molecule has 0 bridgehead atoms. The number of ether oxygens (including phenoxy) is 1. The minimum atomic E-state index is -4.79. The Balaban J connectivity index is 2.64. The highest BCUT2D eigenvalue weighted by molar-refractivity contribution is 5.89. The Morgan fingerprint density at radius 2 is 2.16 bits per heavy atom. The number of carbonyl (C=O) groups excluding carboxylic acids is 1. The molecule has 106 valence electrons. The molecule has 0 unspecified atom stereocenters. The van der Waals surface area contributed by atoms with E-state index in [1.807, 2.05) is 0 Å². The Morgan fingerprint density at radius 3 is 2.74 bits per heavy atom. The van der Waals surface area contributed by atoms with E-state index in [-0.39, 0.29) is 12.3 Å². The van der Waals surface area contributed by atoms with Gasteiger partial charge in [0.1, 0.15) is 5.75 Å². The molecule has 3 N–H and O–H groups in total. The number of anilines is 1. The summed E-state index contributed by atoms with van der Waals surface area (Å²) in [4.78, 5) is 11.4. The number of aliphatic hydroxyl groups excluding tert-OH is 1. The highest BCUT2D eigenvalue weighted by Crippen LogP contribution is 2.24. The van der Waals surface area contributed by atoms with Crippen molar-refractivity contribution in [2.24, 2.45) is 0 Å². The second kappa shape index (κ2) is 6.28. The molecule has 8 heteroatoms. The molecule has 0 saturated heterocycles. The van der Waals surface area contributed by atoms with E-state index in [0.29, 0.717) is 0 Å². The molecule has 0 aliphatic heterocycles. The Labute approximate surface area is 107 Å². The Morgan fingerprint density at radius 1 is 1.47 bits per heavy atom. The van der Waals surface area contributed by atoms with Crippen molar-refractivity contribution < 1.29 is 27.8 Å². The van der Waals surface area contributed by atoms with Crippen LogP contribution in [0.3, 0.4) is 0 Å². The summed E-state index contributed by atoms with van der Waals surface area (Å²) in [5.74, 6) is -0.430. The summed E-state index contributed by atoms with van der Waals surface area (Å²) in [5, 5.41) is 13.4. The molecule has 2 amide bonds. The van der Waals surface area contributed by atoms with Gasteiger partial charge in [0.2, 0.25) is 0 Å². The SMILES string of the molecule is C[C@@H](CO)NC(=O)Nc1cccc(OC(F)(F)F)c1. The molecule has 1 rings (SSSR count). The highest BCUT2D eigenvalue weighted by atomic mass is 19.4. The lowest BCUT2D eigenvalue weighted by atomic mass is 10.3. The van der Waals surface area contributed by atoms with Crippen LogP contribution in [0.1, 0.15) is 6.92 Å². The topological polar surface area (TPSA) is 70.6 Å². The molecule has 0 aliphatic carbocycles. The second-order valence-electron chi connectivity index (χ2n) is 3.76. The molecule has 0 spiro atoms. The molecular formula is C11H13F3N2O3. The van der Waals surface area contributed by atoms with Gasteiger partial charge in [0.05, 0.1) is 12.6 Å². The van der Waals surface area contributed by atoms with Crippen molar-refractivity contribution in [1.29, 1.82) is 0 Å². The number of rotatable bonds is 4. The van der Waals surface area contributed by atoms with Gasteiger partial charge in [-0.2, -0.15) is 0 Å². The molecule has 5 nitrogen and oxygen atoms in total. The van der Waals surface area contributed by atoms with Crippen molar-refractivity contribution in [3.63, 3.8) is 0 Å². The second-order valence-corrected chi connectivity index (χ2v) is 3.76. The summed E-state index contributed by atoms with van der Waals surface area (Å²) < 4.78 is 39.7. The summed E-state index contributed by atoms with van der Waals surface area (Å²) in [5.41, 5.74) is 0.143. The van der Waals surface area contributed by atoms with E-state index in [2.05, 4.69) is 15.4 Å². The zero-order valence-electron chi connectivity index (χ0n) is 9.99. The number of hydrogen-bond donors (Lipinski definition) is 3. The molecule has 1 aromatic carbocycles. The van der Waals surface area contributed by atoms with Crippen LogP contribution < -0.4 is 15.4 Å². The zero-order chi connectivity index (χ0) is 14.5. The van der Waals surface area contributed by atoms with Crippen LogP contribution >= 0.6 is 0 Å². The number of urea groups is 1. The standard InChI is InChI=1S/C11H13F3N2O3/c1-7(6-17)15-10(18)16-8-3-2-4-9(5-8)19-11(12,13)14/h2-5,7,17H,6H2,1H3,(H2,15,16,18)/t7-/m0/s1. The van der Waals surface area contributed by atoms with Crippen molar-refractivity contribution in [2.75, 3.05) is 11.9 Å². The number of carbonyl (C=O) groups is 1. The van der Waals surface area contributed by atoms with E-state index >= 15 is 0 Å². The van der Waals surface area contributed by atoms with Crippen LogP contribution in [0.5, 0.6) is 5.75 Å². The number of alkyl halides is 3. The Bertz CT molecular complexity index is 437. The lowest BCUT2D eigenvalue weighted by Gasteiger charge is -2.13. The fourth-order valence-corrected chi connectivity index (χ4v) is 1.21. The van der Waals surface area contributed by atoms with Gasteiger partial charge in [0, 0.05) is 11.8 Å². The highest BCUT2D eigenvalue weighted by Gasteiger charge is 2.31. The smallest absolute Gasteiger partial charge is 0.406 e. The quantitative estimate of drug-likeness (QED) is 0.789. The van der Waals surface area contributed by atoms with Crippen LogP contribution in [0.25, 0.3) is 0 Å². The summed E-state index contributed by atoms with van der Waals surface area (Å²) in [6.45, 7) is 1.33. The minimum absolute atomic E-state index is 0.143. The molecule has 1 atom stereocenters. The van der Waals surface area contributed by atoms with Gasteiger partial charge in [-0.1, -0.05) is 6.07 Å². The average molecular weight is 278 g/mol. The monoisotopic (exact) mass is 278 g/mol. The number of nitrogens with one attached hydrogen (secondary N) is 2. The normalized spacial score (nSPS) is 12.7. The van der Waals surface area contributed by atoms with E-state index in [1.54, 1.807) is 6.92 Å². The van der Waals surface area contributed by atoms with Gasteiger partial charge in [-0.25, -0.2) is 4.79 Å². The number of amides is 2. The zero-order valence-corrected chi connectivity index (χ0v) is 9.99. The van der Waals surface area contributed by atoms with Crippen LogP contribution in [-0.4, -0.2) is 30.1 Å². The van der Waals surface area contributed by atoms with Gasteiger partial charge < -0.3 is 20.5 Å². The van der Waals surface area contributed by atoms with Crippen molar-refractivity contribution in [2.45, 2.75) is 19.3 Å². The van der Waals surface area contributed by atoms with Gasteiger partial charge in [0.25, 0.3) is 0 Å². The Kier molecular flexibility index (Phi) is 4.99. The molecule has 0 aromatic heterocycles. The fraction of sp³-hybridized carbons (Fsp3) is 0.364. The lowest BCUT2D eigenvalue weighted by Crippen LogP contribution is -2.38. The largest absolute Gasteiger partial charge is 0.573 e. The van der Waals surface area contributed by atoms with Crippen LogP contribution in [0.15, 0.2) is 24.3 Å². The van der Waals surface area contributed by atoms with Crippen molar-refractivity contribution >= 4 is 11.7 Å². The third-order valence-corrected chi connectivity index (χ3v) is 1.98. The van der Waals surface area contributed by atoms with Crippen molar-refractivity contribution in [3.8, 4) is 5.75 Å². The van der Waals surface area contributed by atoms with E-state index < -0.39 is 24.2 Å². The van der Waals surface area contributed by atoms with Gasteiger partial charge >= 0.3 is 12.4 Å². The first-order valence-electron chi connectivity index (χ1n) is 5.34. The van der Waals surface area contributed by atoms with Crippen LogP contribution in [0.4, 0.5) is 23.7 Å². The number of benzene rings is 1. The first-order chi connectivity index (χ1) is 8.80. The van der Waals surface area contributed by atoms with Gasteiger partial charge in [0.15, 0.2) is 0 Å². The fourth-order valence-electron chi connectivity index (χ4n) is 1.21. The lowest BCUT2D eigenvalue weighted by molar-refractivity contribution is -0.274. The molecule has 0 fully saturated rings. The number of hydrogen-bond acceptors (Lipinski definition) is 3. The van der Waals surface area contributed by atoms with E-state index in [0.717, 1.165) is 12.1 Å². The maximum Gasteiger partial charge on any atom is 0.573 e. The van der Waals surface area contributed by atoms with Crippen molar-refractivity contribution in [1.82, 2.24) is 5.32 Å². The third-order valence-electron chi connectivity index (χ3n) is 1.98.